The van der Waals surface area contributed by atoms with Crippen molar-refractivity contribution in [3.63, 3.8) is 0 Å². The molecule has 1 amide bonds. The number of aromatic hydroxyl groups is 1. The Balaban J connectivity index is 1.85. The first-order valence-electron chi connectivity index (χ1n) is 7.54. The van der Waals surface area contributed by atoms with Crippen LogP contribution in [-0.2, 0) is 0 Å². The van der Waals surface area contributed by atoms with E-state index in [2.05, 4.69) is 17.5 Å². The second-order valence-electron chi connectivity index (χ2n) is 5.02. The highest BCUT2D eigenvalue weighted by atomic mass is 16.5. The Kier molecular flexibility index (Phi) is 6.17. The highest BCUT2D eigenvalue weighted by molar-refractivity contribution is 5.94. The average molecular weight is 312 g/mol. The van der Waals surface area contributed by atoms with Gasteiger partial charge in [0.2, 0.25) is 0 Å². The molecule has 0 radical (unpaired) electrons. The third-order valence-corrected chi connectivity index (χ3v) is 3.16. The molecule has 120 valence electrons. The maximum atomic E-state index is 11.8. The van der Waals surface area contributed by atoms with Gasteiger partial charge in [-0.2, -0.15) is 5.10 Å². The minimum Gasteiger partial charge on any atom is -0.508 e. The minimum absolute atomic E-state index is 0.117. The van der Waals surface area contributed by atoms with Crippen LogP contribution in [0.3, 0.4) is 0 Å². The molecule has 0 fully saturated rings. The fraction of sp³-hybridized carbons (Fsp3) is 0.222. The van der Waals surface area contributed by atoms with E-state index in [-0.39, 0.29) is 11.7 Å². The number of hydrogen-bond donors (Lipinski definition) is 2. The van der Waals surface area contributed by atoms with Crippen molar-refractivity contribution in [2.45, 2.75) is 19.8 Å². The Morgan fingerprint density at radius 1 is 1.17 bits per heavy atom. The lowest BCUT2D eigenvalue weighted by molar-refractivity contribution is 0.0955. The minimum atomic E-state index is -0.333. The molecule has 0 aliphatic carbocycles. The van der Waals surface area contributed by atoms with Gasteiger partial charge in [0.1, 0.15) is 11.5 Å². The summed E-state index contributed by atoms with van der Waals surface area (Å²) in [5.74, 6) is 0.607. The van der Waals surface area contributed by atoms with Gasteiger partial charge in [-0.3, -0.25) is 4.79 Å². The molecular formula is C18H20N2O3. The van der Waals surface area contributed by atoms with Gasteiger partial charge in [-0.1, -0.05) is 13.3 Å². The van der Waals surface area contributed by atoms with E-state index in [1.54, 1.807) is 6.21 Å². The number of ether oxygens (including phenoxy) is 1. The lowest BCUT2D eigenvalue weighted by atomic mass is 10.2. The van der Waals surface area contributed by atoms with E-state index in [1.165, 1.54) is 24.3 Å². The summed E-state index contributed by atoms with van der Waals surface area (Å²) >= 11 is 0. The summed E-state index contributed by atoms with van der Waals surface area (Å²) in [4.78, 5) is 11.8. The lowest BCUT2D eigenvalue weighted by Crippen LogP contribution is -2.17. The second kappa shape index (κ2) is 8.58. The predicted molar refractivity (Wildman–Crippen MR) is 90.0 cm³/mol. The molecule has 0 aliphatic rings. The second-order valence-corrected chi connectivity index (χ2v) is 5.02. The number of hydrogen-bond acceptors (Lipinski definition) is 4. The largest absolute Gasteiger partial charge is 0.508 e. The monoisotopic (exact) mass is 312 g/mol. The van der Waals surface area contributed by atoms with Crippen molar-refractivity contribution in [1.82, 2.24) is 5.43 Å². The van der Waals surface area contributed by atoms with Crippen LogP contribution in [-0.4, -0.2) is 23.8 Å². The molecule has 2 aromatic rings. The molecule has 2 rings (SSSR count). The summed E-state index contributed by atoms with van der Waals surface area (Å²) in [6, 6.07) is 13.5. The van der Waals surface area contributed by atoms with Crippen molar-refractivity contribution in [3.05, 3.63) is 59.7 Å². The molecule has 0 aliphatic heterocycles. The number of unbranched alkanes of at least 4 members (excludes halogenated alkanes) is 1. The number of phenols is 1. The summed E-state index contributed by atoms with van der Waals surface area (Å²) in [5, 5.41) is 13.1. The summed E-state index contributed by atoms with van der Waals surface area (Å²) < 4.78 is 5.58. The van der Waals surface area contributed by atoms with Gasteiger partial charge in [-0.15, -0.1) is 0 Å². The van der Waals surface area contributed by atoms with E-state index >= 15 is 0 Å². The first kappa shape index (κ1) is 16.5. The van der Waals surface area contributed by atoms with Crippen molar-refractivity contribution in [3.8, 4) is 11.5 Å². The van der Waals surface area contributed by atoms with E-state index < -0.39 is 0 Å². The smallest absolute Gasteiger partial charge is 0.271 e. The van der Waals surface area contributed by atoms with Crippen molar-refractivity contribution in [2.75, 3.05) is 6.61 Å². The zero-order chi connectivity index (χ0) is 16.5. The van der Waals surface area contributed by atoms with Gasteiger partial charge in [0.05, 0.1) is 12.8 Å². The molecule has 0 spiro atoms. The molecule has 2 N–H and O–H groups in total. The Bertz CT molecular complexity index is 649. The van der Waals surface area contributed by atoms with Crippen molar-refractivity contribution in [2.24, 2.45) is 5.10 Å². The van der Waals surface area contributed by atoms with Gasteiger partial charge < -0.3 is 9.84 Å². The topological polar surface area (TPSA) is 70.9 Å². The number of carbonyl (C=O) groups is 1. The van der Waals surface area contributed by atoms with Crippen LogP contribution in [0.2, 0.25) is 0 Å². The van der Waals surface area contributed by atoms with E-state index in [0.29, 0.717) is 12.2 Å². The Labute approximate surface area is 135 Å². The number of nitrogens with zero attached hydrogens (tertiary/aromatic N) is 1. The number of hydrazone groups is 1. The summed E-state index contributed by atoms with van der Waals surface area (Å²) in [6.45, 7) is 2.84. The van der Waals surface area contributed by atoms with Crippen LogP contribution < -0.4 is 10.2 Å². The fourth-order valence-corrected chi connectivity index (χ4v) is 1.83. The molecule has 0 saturated carbocycles. The predicted octanol–water partition coefficient (Wildman–Crippen LogP) is 3.34. The van der Waals surface area contributed by atoms with Crippen molar-refractivity contribution >= 4 is 12.1 Å². The quantitative estimate of drug-likeness (QED) is 0.468. The third kappa shape index (κ3) is 5.47. The van der Waals surface area contributed by atoms with Crippen LogP contribution >= 0.6 is 0 Å². The molecule has 5 heteroatoms. The summed E-state index contributed by atoms with van der Waals surface area (Å²) in [6.07, 6.45) is 3.70. The van der Waals surface area contributed by atoms with Gasteiger partial charge in [-0.05, 0) is 60.5 Å². The Hall–Kier alpha value is -2.82. The standard InChI is InChI=1S/C18H20N2O3/c1-2-3-12-23-17-10-4-14(5-11-17)13-19-20-18(22)15-6-8-16(21)9-7-15/h4-11,13,21H,2-3,12H2,1H3,(H,20,22). The highest BCUT2D eigenvalue weighted by Gasteiger charge is 2.03. The van der Waals surface area contributed by atoms with Crippen LogP contribution in [0.15, 0.2) is 53.6 Å². The lowest BCUT2D eigenvalue weighted by Gasteiger charge is -2.05. The number of carbonyl (C=O) groups excluding carboxylic acids is 1. The number of benzene rings is 2. The zero-order valence-corrected chi connectivity index (χ0v) is 13.0. The molecule has 0 bridgehead atoms. The molecule has 2 aromatic carbocycles. The molecule has 23 heavy (non-hydrogen) atoms. The van der Waals surface area contributed by atoms with Gasteiger partial charge in [0.25, 0.3) is 5.91 Å². The maximum Gasteiger partial charge on any atom is 0.271 e. The van der Waals surface area contributed by atoms with Gasteiger partial charge in [0, 0.05) is 5.56 Å². The van der Waals surface area contributed by atoms with Crippen LogP contribution in [0.5, 0.6) is 11.5 Å². The zero-order valence-electron chi connectivity index (χ0n) is 13.0. The number of phenolic OH excluding ortho intramolecular Hbond substituents is 1. The summed E-state index contributed by atoms with van der Waals surface area (Å²) in [5.41, 5.74) is 3.73. The first-order chi connectivity index (χ1) is 11.2. The number of nitrogens with one attached hydrogen (secondary N) is 1. The molecule has 0 unspecified atom stereocenters. The third-order valence-electron chi connectivity index (χ3n) is 3.16. The normalized spacial score (nSPS) is 10.7. The van der Waals surface area contributed by atoms with Crippen LogP contribution in [0.4, 0.5) is 0 Å². The van der Waals surface area contributed by atoms with Gasteiger partial charge >= 0.3 is 0 Å². The van der Waals surface area contributed by atoms with Crippen molar-refractivity contribution < 1.29 is 14.6 Å². The molecule has 0 heterocycles. The van der Waals surface area contributed by atoms with Crippen LogP contribution in [0.25, 0.3) is 0 Å². The van der Waals surface area contributed by atoms with Crippen LogP contribution in [0, 0.1) is 0 Å². The Morgan fingerprint density at radius 3 is 2.52 bits per heavy atom. The molecule has 0 atom stereocenters. The molecule has 0 aromatic heterocycles. The van der Waals surface area contributed by atoms with Crippen LogP contribution in [0.1, 0.15) is 35.7 Å². The average Bonchev–Trinajstić information content (AvgIpc) is 2.57. The van der Waals surface area contributed by atoms with E-state index in [1.807, 2.05) is 24.3 Å². The van der Waals surface area contributed by atoms with Crippen molar-refractivity contribution in [1.29, 1.82) is 0 Å². The Morgan fingerprint density at radius 2 is 1.87 bits per heavy atom. The molecule has 5 nitrogen and oxygen atoms in total. The van der Waals surface area contributed by atoms with Gasteiger partial charge in [0.15, 0.2) is 0 Å². The number of rotatable bonds is 7. The van der Waals surface area contributed by atoms with E-state index in [4.69, 9.17) is 4.74 Å². The fourth-order valence-electron chi connectivity index (χ4n) is 1.83. The summed E-state index contributed by atoms with van der Waals surface area (Å²) in [7, 11) is 0. The molecular weight excluding hydrogens is 292 g/mol. The highest BCUT2D eigenvalue weighted by Crippen LogP contribution is 2.12. The number of amides is 1. The first-order valence-corrected chi connectivity index (χ1v) is 7.54. The van der Waals surface area contributed by atoms with E-state index in [9.17, 15) is 9.90 Å². The molecule has 0 saturated heterocycles. The maximum absolute atomic E-state index is 11.8. The van der Waals surface area contributed by atoms with E-state index in [0.717, 1.165) is 24.2 Å². The SMILES string of the molecule is CCCCOc1ccc(C=NNC(=O)c2ccc(O)cc2)cc1. The van der Waals surface area contributed by atoms with Gasteiger partial charge in [-0.25, -0.2) is 5.43 Å².